The first-order chi connectivity index (χ1) is 15.4. The maximum absolute atomic E-state index is 13.1. The number of aromatic nitrogens is 1. The molecule has 0 unspecified atom stereocenters. The number of carboxylic acid groups (broad SMARTS) is 1. The molecule has 176 valence electrons. The molecule has 13 heteroatoms. The first kappa shape index (κ1) is 22.8. The zero-order chi connectivity index (χ0) is 24.0. The van der Waals surface area contributed by atoms with Gasteiger partial charge < -0.3 is 15.2 Å². The molecular formula is C20H18F3N3O6S. The lowest BCUT2D eigenvalue weighted by molar-refractivity contribution is -0.148. The molecule has 0 atom stereocenters. The van der Waals surface area contributed by atoms with Crippen LogP contribution in [-0.4, -0.2) is 49.1 Å². The van der Waals surface area contributed by atoms with E-state index in [0.717, 1.165) is 22.6 Å². The van der Waals surface area contributed by atoms with Gasteiger partial charge in [0, 0.05) is 6.20 Å². The lowest BCUT2D eigenvalue weighted by atomic mass is 9.76. The van der Waals surface area contributed by atoms with E-state index in [4.69, 9.17) is 4.74 Å². The molecule has 2 aromatic rings. The fraction of sp³-hybridized carbons (Fsp3) is 0.350. The highest BCUT2D eigenvalue weighted by molar-refractivity contribution is 7.92. The Labute approximate surface area is 186 Å². The van der Waals surface area contributed by atoms with Crippen molar-refractivity contribution >= 4 is 27.6 Å². The largest absolute Gasteiger partial charge is 0.480 e. The highest BCUT2D eigenvalue weighted by Gasteiger charge is 2.46. The van der Waals surface area contributed by atoms with E-state index >= 15 is 0 Å². The van der Waals surface area contributed by atoms with Crippen molar-refractivity contribution in [2.75, 3.05) is 17.5 Å². The number of sulfonamides is 1. The van der Waals surface area contributed by atoms with E-state index in [1.165, 1.54) is 6.07 Å². The standard InChI is InChI=1S/C20H18F3N3O6S/c21-20(22,23)13-2-4-14(5-3-13)33(30,31)26-8-9-32-17-15(26)10-12(11-24-17)16(27)25-19(18(28)29)6-1-7-19/h2-5,10-11H,1,6-9H2,(H,25,27)(H,28,29). The van der Waals surface area contributed by atoms with Gasteiger partial charge in [0.1, 0.15) is 17.8 Å². The summed E-state index contributed by atoms with van der Waals surface area (Å²) in [6.07, 6.45) is -2.31. The Morgan fingerprint density at radius 2 is 1.85 bits per heavy atom. The summed E-state index contributed by atoms with van der Waals surface area (Å²) < 4.78 is 71.0. The van der Waals surface area contributed by atoms with Gasteiger partial charge in [0.25, 0.3) is 15.9 Å². The summed E-state index contributed by atoms with van der Waals surface area (Å²) in [5.74, 6) is -1.99. The first-order valence-electron chi connectivity index (χ1n) is 9.83. The van der Waals surface area contributed by atoms with E-state index in [2.05, 4.69) is 10.3 Å². The van der Waals surface area contributed by atoms with Crippen molar-refractivity contribution in [1.82, 2.24) is 10.3 Å². The number of amides is 1. The fourth-order valence-corrected chi connectivity index (χ4v) is 5.04. The lowest BCUT2D eigenvalue weighted by Gasteiger charge is -2.38. The van der Waals surface area contributed by atoms with E-state index in [0.29, 0.717) is 18.6 Å². The molecule has 33 heavy (non-hydrogen) atoms. The number of carbonyl (C=O) groups excluding carboxylic acids is 1. The number of ether oxygens (including phenoxy) is 1. The summed E-state index contributed by atoms with van der Waals surface area (Å²) >= 11 is 0. The molecule has 1 aromatic carbocycles. The Morgan fingerprint density at radius 3 is 2.39 bits per heavy atom. The average Bonchev–Trinajstić information content (AvgIpc) is 2.74. The third kappa shape index (κ3) is 4.08. The molecule has 1 aromatic heterocycles. The molecule has 0 bridgehead atoms. The predicted molar refractivity (Wildman–Crippen MR) is 107 cm³/mol. The van der Waals surface area contributed by atoms with Crippen molar-refractivity contribution < 1.29 is 41.0 Å². The summed E-state index contributed by atoms with van der Waals surface area (Å²) in [7, 11) is -4.30. The van der Waals surface area contributed by atoms with Gasteiger partial charge in [-0.05, 0) is 49.6 Å². The third-order valence-corrected chi connectivity index (χ3v) is 7.46. The molecule has 2 aliphatic rings. The molecule has 2 heterocycles. The summed E-state index contributed by atoms with van der Waals surface area (Å²) in [6, 6.07) is 4.24. The van der Waals surface area contributed by atoms with Crippen LogP contribution < -0.4 is 14.4 Å². The van der Waals surface area contributed by atoms with Crippen LogP contribution in [0, 0.1) is 0 Å². The number of rotatable bonds is 5. The fourth-order valence-electron chi connectivity index (χ4n) is 3.61. The molecule has 1 aliphatic heterocycles. The highest BCUT2D eigenvalue weighted by atomic mass is 32.2. The Bertz CT molecular complexity index is 1210. The van der Waals surface area contributed by atoms with E-state index in [1.54, 1.807) is 0 Å². The molecule has 2 N–H and O–H groups in total. The van der Waals surface area contributed by atoms with Gasteiger partial charge in [-0.1, -0.05) is 0 Å². The van der Waals surface area contributed by atoms with Crippen molar-refractivity contribution in [2.24, 2.45) is 0 Å². The van der Waals surface area contributed by atoms with E-state index in [-0.39, 0.29) is 48.0 Å². The van der Waals surface area contributed by atoms with Gasteiger partial charge in [-0.25, -0.2) is 18.2 Å². The van der Waals surface area contributed by atoms with Crippen LogP contribution in [0.1, 0.15) is 35.2 Å². The highest BCUT2D eigenvalue weighted by Crippen LogP contribution is 2.36. The number of nitrogens with zero attached hydrogens (tertiary/aromatic N) is 2. The number of hydrogen-bond acceptors (Lipinski definition) is 6. The normalized spacial score (nSPS) is 17.4. The number of alkyl halides is 3. The lowest BCUT2D eigenvalue weighted by Crippen LogP contribution is -2.59. The topological polar surface area (TPSA) is 126 Å². The van der Waals surface area contributed by atoms with E-state index in [9.17, 15) is 36.3 Å². The summed E-state index contributed by atoms with van der Waals surface area (Å²) in [5.41, 5.74) is -2.53. The number of anilines is 1. The monoisotopic (exact) mass is 485 g/mol. The molecule has 1 amide bonds. The quantitative estimate of drug-likeness (QED) is 0.666. The number of benzene rings is 1. The van der Waals surface area contributed by atoms with Gasteiger partial charge in [0.15, 0.2) is 0 Å². The van der Waals surface area contributed by atoms with Crippen LogP contribution >= 0.6 is 0 Å². The second-order valence-electron chi connectivity index (χ2n) is 7.69. The number of carboxylic acids is 1. The smallest absolute Gasteiger partial charge is 0.416 e. The van der Waals surface area contributed by atoms with Gasteiger partial charge in [0.05, 0.1) is 22.6 Å². The number of hydrogen-bond donors (Lipinski definition) is 2. The van der Waals surface area contributed by atoms with Gasteiger partial charge in [0.2, 0.25) is 5.88 Å². The second-order valence-corrected chi connectivity index (χ2v) is 9.55. The average molecular weight is 485 g/mol. The Kier molecular flexibility index (Phi) is 5.47. The molecule has 0 radical (unpaired) electrons. The predicted octanol–water partition coefficient (Wildman–Crippen LogP) is 2.43. The van der Waals surface area contributed by atoms with Crippen LogP contribution in [0.15, 0.2) is 41.4 Å². The number of aliphatic carboxylic acids is 1. The van der Waals surface area contributed by atoms with Gasteiger partial charge in [-0.2, -0.15) is 13.2 Å². The maximum atomic E-state index is 13.1. The maximum Gasteiger partial charge on any atom is 0.416 e. The zero-order valence-corrected chi connectivity index (χ0v) is 17.7. The van der Waals surface area contributed by atoms with E-state index < -0.39 is 39.2 Å². The summed E-state index contributed by atoms with van der Waals surface area (Å²) in [6.45, 7) is -0.226. The molecule has 1 fully saturated rings. The number of nitrogens with one attached hydrogen (secondary N) is 1. The molecule has 0 spiro atoms. The van der Waals surface area contributed by atoms with Crippen LogP contribution in [0.5, 0.6) is 5.88 Å². The van der Waals surface area contributed by atoms with Gasteiger partial charge >= 0.3 is 12.1 Å². The SMILES string of the molecule is O=C(NC1(C(=O)O)CCC1)c1cnc2c(c1)N(S(=O)(=O)c1ccc(C(F)(F)F)cc1)CCO2. The number of fused-ring (bicyclic) bond motifs is 1. The first-order valence-corrected chi connectivity index (χ1v) is 11.3. The minimum Gasteiger partial charge on any atom is -0.480 e. The van der Waals surface area contributed by atoms with Gasteiger partial charge in [-0.15, -0.1) is 0 Å². The molecule has 9 nitrogen and oxygen atoms in total. The minimum absolute atomic E-state index is 0.0620. The molecule has 4 rings (SSSR count). The minimum atomic E-state index is -4.62. The second kappa shape index (κ2) is 7.90. The molecule has 0 saturated heterocycles. The Morgan fingerprint density at radius 1 is 1.18 bits per heavy atom. The Balaban J connectivity index is 1.65. The number of carbonyl (C=O) groups is 2. The zero-order valence-electron chi connectivity index (χ0n) is 16.9. The molecule has 1 saturated carbocycles. The number of pyridine rings is 1. The van der Waals surface area contributed by atoms with Crippen LogP contribution in [0.2, 0.25) is 0 Å². The van der Waals surface area contributed by atoms with Crippen molar-refractivity contribution in [3.63, 3.8) is 0 Å². The Hall–Kier alpha value is -3.35. The molecular weight excluding hydrogens is 467 g/mol. The van der Waals surface area contributed by atoms with E-state index in [1.807, 2.05) is 0 Å². The third-order valence-electron chi connectivity index (χ3n) is 5.64. The van der Waals surface area contributed by atoms with Crippen molar-refractivity contribution in [3.8, 4) is 5.88 Å². The van der Waals surface area contributed by atoms with Crippen LogP contribution in [0.3, 0.4) is 0 Å². The van der Waals surface area contributed by atoms with Crippen LogP contribution in [0.25, 0.3) is 0 Å². The van der Waals surface area contributed by atoms with Gasteiger partial charge in [-0.3, -0.25) is 9.10 Å². The van der Waals surface area contributed by atoms with Crippen LogP contribution in [0.4, 0.5) is 18.9 Å². The molecule has 1 aliphatic carbocycles. The summed E-state index contributed by atoms with van der Waals surface area (Å²) in [5, 5.41) is 11.9. The van der Waals surface area contributed by atoms with Crippen molar-refractivity contribution in [3.05, 3.63) is 47.7 Å². The summed E-state index contributed by atoms with van der Waals surface area (Å²) in [4.78, 5) is 27.8. The van der Waals surface area contributed by atoms with Crippen molar-refractivity contribution in [1.29, 1.82) is 0 Å². The van der Waals surface area contributed by atoms with Crippen LogP contribution in [-0.2, 0) is 21.0 Å². The van der Waals surface area contributed by atoms with Crippen molar-refractivity contribution in [2.45, 2.75) is 35.9 Å². The number of halogens is 3.